The molecule has 1 aliphatic carbocycles. The van der Waals surface area contributed by atoms with E-state index < -0.39 is 0 Å². The van der Waals surface area contributed by atoms with Crippen molar-refractivity contribution in [2.45, 2.75) is 52.5 Å². The summed E-state index contributed by atoms with van der Waals surface area (Å²) in [5.74, 6) is 0.874. The molecule has 1 aromatic rings. The molecule has 0 aliphatic heterocycles. The fraction of sp³-hybridized carbons (Fsp3) is 0.562. The largest absolute Gasteiger partial charge is 0.360 e. The first-order valence-corrected chi connectivity index (χ1v) is 7.60. The molecule has 19 heavy (non-hydrogen) atoms. The molecule has 104 valence electrons. The van der Waals surface area contributed by atoms with E-state index in [2.05, 4.69) is 49.6 Å². The van der Waals surface area contributed by atoms with Gasteiger partial charge < -0.3 is 10.6 Å². The first kappa shape index (κ1) is 14.3. The first-order valence-electron chi connectivity index (χ1n) is 7.19. The second-order valence-corrected chi connectivity index (χ2v) is 6.28. The predicted molar refractivity (Wildman–Crippen MR) is 86.7 cm³/mol. The summed E-state index contributed by atoms with van der Waals surface area (Å²) in [6.07, 6.45) is 5.08. The van der Waals surface area contributed by atoms with Gasteiger partial charge in [0.25, 0.3) is 0 Å². The van der Waals surface area contributed by atoms with E-state index in [0.29, 0.717) is 6.04 Å². The van der Waals surface area contributed by atoms with Gasteiger partial charge in [-0.25, -0.2) is 0 Å². The lowest BCUT2D eigenvalue weighted by Gasteiger charge is -2.28. The second kappa shape index (κ2) is 6.38. The highest BCUT2D eigenvalue weighted by Gasteiger charge is 2.18. The monoisotopic (exact) mass is 276 g/mol. The Kier molecular flexibility index (Phi) is 4.81. The molecule has 1 saturated carbocycles. The number of hydrogen-bond acceptors (Lipinski definition) is 1. The zero-order valence-corrected chi connectivity index (χ0v) is 12.9. The van der Waals surface area contributed by atoms with Crippen molar-refractivity contribution in [3.63, 3.8) is 0 Å². The van der Waals surface area contributed by atoms with Gasteiger partial charge in [-0.05, 0) is 74.9 Å². The van der Waals surface area contributed by atoms with Crippen LogP contribution in [0, 0.1) is 19.8 Å². The normalized spacial score (nSPS) is 22.9. The zero-order valence-electron chi connectivity index (χ0n) is 12.1. The Morgan fingerprint density at radius 1 is 1.16 bits per heavy atom. The average Bonchev–Trinajstić information content (AvgIpc) is 2.37. The SMILES string of the molecule is Cc1ccc(C)c(NC(=S)NC2CCC(C)CC2)c1. The first-order chi connectivity index (χ1) is 9.04. The topological polar surface area (TPSA) is 24.1 Å². The Hall–Kier alpha value is -1.09. The lowest BCUT2D eigenvalue weighted by molar-refractivity contribution is 0.332. The van der Waals surface area contributed by atoms with Gasteiger partial charge in [-0.1, -0.05) is 19.1 Å². The lowest BCUT2D eigenvalue weighted by atomic mass is 9.87. The van der Waals surface area contributed by atoms with Crippen molar-refractivity contribution < 1.29 is 0 Å². The molecule has 2 N–H and O–H groups in total. The van der Waals surface area contributed by atoms with Gasteiger partial charge >= 0.3 is 0 Å². The van der Waals surface area contributed by atoms with Gasteiger partial charge in [0, 0.05) is 11.7 Å². The smallest absolute Gasteiger partial charge is 0.171 e. The van der Waals surface area contributed by atoms with Crippen molar-refractivity contribution >= 4 is 23.0 Å². The third-order valence-corrected chi connectivity index (χ3v) is 4.21. The summed E-state index contributed by atoms with van der Waals surface area (Å²) in [6, 6.07) is 6.94. The van der Waals surface area contributed by atoms with Gasteiger partial charge in [0.05, 0.1) is 0 Å². The van der Waals surface area contributed by atoms with Gasteiger partial charge in [0.15, 0.2) is 5.11 Å². The molecule has 0 amide bonds. The molecule has 0 spiro atoms. The highest BCUT2D eigenvalue weighted by molar-refractivity contribution is 7.80. The number of nitrogens with one attached hydrogen (secondary N) is 2. The van der Waals surface area contributed by atoms with Crippen molar-refractivity contribution in [3.8, 4) is 0 Å². The van der Waals surface area contributed by atoms with Crippen LogP contribution in [0.2, 0.25) is 0 Å². The molecule has 3 heteroatoms. The minimum atomic E-state index is 0.543. The van der Waals surface area contributed by atoms with E-state index in [9.17, 15) is 0 Å². The van der Waals surface area contributed by atoms with E-state index in [1.54, 1.807) is 0 Å². The molecule has 0 unspecified atom stereocenters. The van der Waals surface area contributed by atoms with Crippen LogP contribution in [-0.4, -0.2) is 11.2 Å². The maximum Gasteiger partial charge on any atom is 0.171 e. The summed E-state index contributed by atoms with van der Waals surface area (Å²) in [5.41, 5.74) is 3.59. The van der Waals surface area contributed by atoms with Gasteiger partial charge in [-0.2, -0.15) is 0 Å². The fourth-order valence-electron chi connectivity index (χ4n) is 2.62. The summed E-state index contributed by atoms with van der Waals surface area (Å²) < 4.78 is 0. The van der Waals surface area contributed by atoms with E-state index >= 15 is 0 Å². The fourth-order valence-corrected chi connectivity index (χ4v) is 2.90. The van der Waals surface area contributed by atoms with E-state index in [-0.39, 0.29) is 0 Å². The molecule has 1 aromatic carbocycles. The van der Waals surface area contributed by atoms with Crippen molar-refractivity contribution in [1.82, 2.24) is 5.32 Å². The van der Waals surface area contributed by atoms with Gasteiger partial charge in [0.2, 0.25) is 0 Å². The summed E-state index contributed by atoms with van der Waals surface area (Å²) in [4.78, 5) is 0. The number of rotatable bonds is 2. The van der Waals surface area contributed by atoms with E-state index in [4.69, 9.17) is 12.2 Å². The Morgan fingerprint density at radius 2 is 1.84 bits per heavy atom. The van der Waals surface area contributed by atoms with Crippen molar-refractivity contribution in [3.05, 3.63) is 29.3 Å². The minimum Gasteiger partial charge on any atom is -0.360 e. The molecule has 0 radical (unpaired) electrons. The Balaban J connectivity index is 1.89. The summed E-state index contributed by atoms with van der Waals surface area (Å²) in [5, 5.41) is 7.54. The number of aryl methyl sites for hydroxylation is 2. The number of hydrogen-bond donors (Lipinski definition) is 2. The number of benzene rings is 1. The van der Waals surface area contributed by atoms with Crippen LogP contribution < -0.4 is 10.6 Å². The molecule has 0 atom stereocenters. The zero-order chi connectivity index (χ0) is 13.8. The number of thiocarbonyl (C=S) groups is 1. The van der Waals surface area contributed by atoms with Gasteiger partial charge in [-0.15, -0.1) is 0 Å². The van der Waals surface area contributed by atoms with Crippen LogP contribution >= 0.6 is 12.2 Å². The molecule has 1 fully saturated rings. The quantitative estimate of drug-likeness (QED) is 0.793. The maximum absolute atomic E-state index is 5.43. The standard InChI is InChI=1S/C16H24N2S/c1-11-5-8-14(9-6-11)17-16(19)18-15-10-12(2)4-7-13(15)3/h4,7,10-11,14H,5-6,8-9H2,1-3H3,(H2,17,18,19). The molecular formula is C16H24N2S. The van der Waals surface area contributed by atoms with Crippen LogP contribution in [0.25, 0.3) is 0 Å². The third-order valence-electron chi connectivity index (χ3n) is 3.99. The average molecular weight is 276 g/mol. The Labute approximate surface area is 122 Å². The maximum atomic E-state index is 5.43. The van der Waals surface area contributed by atoms with E-state index in [1.807, 2.05) is 0 Å². The van der Waals surface area contributed by atoms with E-state index in [1.165, 1.54) is 36.8 Å². The molecule has 0 aromatic heterocycles. The van der Waals surface area contributed by atoms with Crippen molar-refractivity contribution in [1.29, 1.82) is 0 Å². The summed E-state index contributed by atoms with van der Waals surface area (Å²) in [7, 11) is 0. The molecule has 2 rings (SSSR count). The molecule has 2 nitrogen and oxygen atoms in total. The highest BCUT2D eigenvalue weighted by Crippen LogP contribution is 2.23. The molecule has 0 heterocycles. The predicted octanol–water partition coefficient (Wildman–Crippen LogP) is 4.17. The second-order valence-electron chi connectivity index (χ2n) is 5.87. The number of anilines is 1. The molecule has 1 aliphatic rings. The minimum absolute atomic E-state index is 0.543. The van der Waals surface area contributed by atoms with Crippen LogP contribution in [0.15, 0.2) is 18.2 Å². The Bertz CT molecular complexity index is 448. The lowest BCUT2D eigenvalue weighted by Crippen LogP contribution is -2.39. The van der Waals surface area contributed by atoms with Crippen LogP contribution in [0.5, 0.6) is 0 Å². The van der Waals surface area contributed by atoms with Crippen LogP contribution in [0.3, 0.4) is 0 Å². The third kappa shape index (κ3) is 4.20. The summed E-state index contributed by atoms with van der Waals surface area (Å²) >= 11 is 5.43. The van der Waals surface area contributed by atoms with Crippen molar-refractivity contribution in [2.24, 2.45) is 5.92 Å². The molecule has 0 saturated heterocycles. The van der Waals surface area contributed by atoms with Crippen LogP contribution in [-0.2, 0) is 0 Å². The summed E-state index contributed by atoms with van der Waals surface area (Å²) in [6.45, 7) is 6.54. The molecular weight excluding hydrogens is 252 g/mol. The Morgan fingerprint density at radius 3 is 2.53 bits per heavy atom. The van der Waals surface area contributed by atoms with Crippen molar-refractivity contribution in [2.75, 3.05) is 5.32 Å². The van der Waals surface area contributed by atoms with Gasteiger partial charge in [0.1, 0.15) is 0 Å². The van der Waals surface area contributed by atoms with E-state index in [0.717, 1.165) is 16.7 Å². The van der Waals surface area contributed by atoms with Crippen LogP contribution in [0.1, 0.15) is 43.7 Å². The molecule has 0 bridgehead atoms. The highest BCUT2D eigenvalue weighted by atomic mass is 32.1. The van der Waals surface area contributed by atoms with Gasteiger partial charge in [-0.3, -0.25) is 0 Å². The van der Waals surface area contributed by atoms with Crippen LogP contribution in [0.4, 0.5) is 5.69 Å².